The van der Waals surface area contributed by atoms with E-state index in [1.54, 1.807) is 12.5 Å². The van der Waals surface area contributed by atoms with Crippen LogP contribution in [-0.4, -0.2) is 34.1 Å². The predicted octanol–water partition coefficient (Wildman–Crippen LogP) is 1.34. The summed E-state index contributed by atoms with van der Waals surface area (Å²) >= 11 is 0. The van der Waals surface area contributed by atoms with E-state index in [0.717, 1.165) is 31.6 Å². The minimum atomic E-state index is -0.228. The van der Waals surface area contributed by atoms with E-state index in [1.807, 2.05) is 0 Å². The average Bonchev–Trinajstić information content (AvgIpc) is 2.76. The Labute approximate surface area is 77.0 Å². The van der Waals surface area contributed by atoms with Crippen molar-refractivity contribution in [3.8, 4) is 0 Å². The number of H-pyrrole nitrogens is 1. The maximum absolute atomic E-state index is 12.5. The van der Waals surface area contributed by atoms with Gasteiger partial charge in [0.2, 0.25) is 0 Å². The van der Waals surface area contributed by atoms with E-state index in [1.165, 1.54) is 0 Å². The molecule has 4 heteroatoms. The van der Waals surface area contributed by atoms with Crippen LogP contribution in [0.1, 0.15) is 18.5 Å². The van der Waals surface area contributed by atoms with Gasteiger partial charge in [0, 0.05) is 24.5 Å². The molecule has 2 heterocycles. The standard InChI is InChI=1S/C9H14FN3/c10-4-9-2-1-3-13(9)6-8-5-11-7-12-8/h5,7,9H,1-4,6H2,(H,11,12). The molecule has 1 aliphatic heterocycles. The lowest BCUT2D eigenvalue weighted by Gasteiger charge is -2.20. The van der Waals surface area contributed by atoms with Gasteiger partial charge in [0.05, 0.1) is 6.33 Å². The molecule has 13 heavy (non-hydrogen) atoms. The van der Waals surface area contributed by atoms with Gasteiger partial charge in [-0.15, -0.1) is 0 Å². The second kappa shape index (κ2) is 3.87. The number of likely N-dealkylation sites (tertiary alicyclic amines) is 1. The summed E-state index contributed by atoms with van der Waals surface area (Å²) in [6.07, 6.45) is 5.57. The highest BCUT2D eigenvalue weighted by molar-refractivity contribution is 4.95. The molecule has 3 nitrogen and oxygen atoms in total. The summed E-state index contributed by atoms with van der Waals surface area (Å²) < 4.78 is 12.5. The number of hydrogen-bond donors (Lipinski definition) is 1. The van der Waals surface area contributed by atoms with Gasteiger partial charge in [-0.05, 0) is 19.4 Å². The molecule has 0 spiro atoms. The third-order valence-electron chi connectivity index (χ3n) is 2.61. The van der Waals surface area contributed by atoms with Gasteiger partial charge in [-0.2, -0.15) is 0 Å². The Balaban J connectivity index is 1.94. The van der Waals surface area contributed by atoms with Crippen LogP contribution in [0.4, 0.5) is 4.39 Å². The molecule has 0 aromatic carbocycles. The lowest BCUT2D eigenvalue weighted by Crippen LogP contribution is -2.30. The average molecular weight is 183 g/mol. The number of halogens is 1. The van der Waals surface area contributed by atoms with Crippen molar-refractivity contribution in [2.45, 2.75) is 25.4 Å². The molecule has 1 unspecified atom stereocenters. The molecule has 1 atom stereocenters. The lowest BCUT2D eigenvalue weighted by molar-refractivity contribution is 0.205. The van der Waals surface area contributed by atoms with Crippen LogP contribution in [0.3, 0.4) is 0 Å². The van der Waals surface area contributed by atoms with Crippen LogP contribution < -0.4 is 0 Å². The van der Waals surface area contributed by atoms with Crippen molar-refractivity contribution < 1.29 is 4.39 Å². The molecule has 0 bridgehead atoms. The second-order valence-electron chi connectivity index (χ2n) is 3.50. The van der Waals surface area contributed by atoms with Crippen molar-refractivity contribution in [3.05, 3.63) is 18.2 Å². The molecule has 1 saturated heterocycles. The number of nitrogens with zero attached hydrogens (tertiary/aromatic N) is 2. The third kappa shape index (κ3) is 1.88. The van der Waals surface area contributed by atoms with Gasteiger partial charge in [0.25, 0.3) is 0 Å². The number of hydrogen-bond acceptors (Lipinski definition) is 2. The summed E-state index contributed by atoms with van der Waals surface area (Å²) in [4.78, 5) is 9.15. The maximum Gasteiger partial charge on any atom is 0.105 e. The Hall–Kier alpha value is -0.900. The highest BCUT2D eigenvalue weighted by Gasteiger charge is 2.24. The van der Waals surface area contributed by atoms with E-state index in [-0.39, 0.29) is 12.7 Å². The molecule has 1 fully saturated rings. The highest BCUT2D eigenvalue weighted by Crippen LogP contribution is 2.19. The van der Waals surface area contributed by atoms with Gasteiger partial charge >= 0.3 is 0 Å². The normalized spacial score (nSPS) is 23.9. The quantitative estimate of drug-likeness (QED) is 0.767. The van der Waals surface area contributed by atoms with Crippen LogP contribution in [0.15, 0.2) is 12.5 Å². The van der Waals surface area contributed by atoms with Crippen molar-refractivity contribution >= 4 is 0 Å². The summed E-state index contributed by atoms with van der Waals surface area (Å²) in [5.41, 5.74) is 1.07. The van der Waals surface area contributed by atoms with Gasteiger partial charge in [0.1, 0.15) is 6.67 Å². The Morgan fingerprint density at radius 3 is 3.31 bits per heavy atom. The first-order chi connectivity index (χ1) is 6.40. The first kappa shape index (κ1) is 8.69. The van der Waals surface area contributed by atoms with Crippen LogP contribution >= 0.6 is 0 Å². The zero-order chi connectivity index (χ0) is 9.10. The Morgan fingerprint density at radius 2 is 2.62 bits per heavy atom. The van der Waals surface area contributed by atoms with Crippen molar-refractivity contribution in [1.82, 2.24) is 14.9 Å². The highest BCUT2D eigenvalue weighted by atomic mass is 19.1. The molecule has 1 N–H and O–H groups in total. The molecule has 0 amide bonds. The Kier molecular flexibility index (Phi) is 2.59. The summed E-state index contributed by atoms with van der Waals surface area (Å²) in [5, 5.41) is 0. The van der Waals surface area contributed by atoms with Crippen LogP contribution in [0.5, 0.6) is 0 Å². The van der Waals surface area contributed by atoms with E-state index >= 15 is 0 Å². The van der Waals surface area contributed by atoms with Crippen molar-refractivity contribution in [3.63, 3.8) is 0 Å². The molecule has 0 saturated carbocycles. The van der Waals surface area contributed by atoms with Gasteiger partial charge in [-0.1, -0.05) is 0 Å². The zero-order valence-electron chi connectivity index (χ0n) is 7.54. The number of alkyl halides is 1. The summed E-state index contributed by atoms with van der Waals surface area (Å²) in [6, 6.07) is 0.128. The number of aromatic amines is 1. The topological polar surface area (TPSA) is 31.9 Å². The SMILES string of the molecule is FCC1CCCN1Cc1cnc[nH]1. The lowest BCUT2D eigenvalue weighted by atomic mass is 10.2. The van der Waals surface area contributed by atoms with Gasteiger partial charge < -0.3 is 4.98 Å². The third-order valence-corrected chi connectivity index (χ3v) is 2.61. The summed E-state index contributed by atoms with van der Waals surface area (Å²) in [6.45, 7) is 1.58. The van der Waals surface area contributed by atoms with E-state index in [0.29, 0.717) is 0 Å². The van der Waals surface area contributed by atoms with Crippen LogP contribution in [0.25, 0.3) is 0 Å². The summed E-state index contributed by atoms with van der Waals surface area (Å²) in [5.74, 6) is 0. The minimum Gasteiger partial charge on any atom is -0.347 e. The smallest absolute Gasteiger partial charge is 0.105 e. The Morgan fingerprint density at radius 1 is 1.69 bits per heavy atom. The monoisotopic (exact) mass is 183 g/mol. The number of imidazole rings is 1. The van der Waals surface area contributed by atoms with Gasteiger partial charge in [0.15, 0.2) is 0 Å². The fraction of sp³-hybridized carbons (Fsp3) is 0.667. The van der Waals surface area contributed by atoms with E-state index in [4.69, 9.17) is 0 Å². The minimum absolute atomic E-state index is 0.128. The van der Waals surface area contributed by atoms with E-state index in [2.05, 4.69) is 14.9 Å². The number of aromatic nitrogens is 2. The molecule has 1 aromatic heterocycles. The molecule has 0 aliphatic carbocycles. The van der Waals surface area contributed by atoms with Crippen LogP contribution in [-0.2, 0) is 6.54 Å². The number of rotatable bonds is 3. The number of nitrogens with one attached hydrogen (secondary N) is 1. The summed E-state index contributed by atoms with van der Waals surface area (Å²) in [7, 11) is 0. The first-order valence-corrected chi connectivity index (χ1v) is 4.67. The molecule has 72 valence electrons. The first-order valence-electron chi connectivity index (χ1n) is 4.67. The molecule has 0 radical (unpaired) electrons. The fourth-order valence-corrected chi connectivity index (χ4v) is 1.87. The van der Waals surface area contributed by atoms with Crippen LogP contribution in [0.2, 0.25) is 0 Å². The largest absolute Gasteiger partial charge is 0.347 e. The van der Waals surface area contributed by atoms with Gasteiger partial charge in [-0.3, -0.25) is 4.90 Å². The second-order valence-corrected chi connectivity index (χ2v) is 3.50. The van der Waals surface area contributed by atoms with Crippen molar-refractivity contribution in [2.24, 2.45) is 0 Å². The maximum atomic E-state index is 12.5. The van der Waals surface area contributed by atoms with E-state index in [9.17, 15) is 4.39 Å². The molecule has 1 aromatic rings. The van der Waals surface area contributed by atoms with Gasteiger partial charge in [-0.25, -0.2) is 9.37 Å². The van der Waals surface area contributed by atoms with Crippen molar-refractivity contribution in [2.75, 3.05) is 13.2 Å². The fourth-order valence-electron chi connectivity index (χ4n) is 1.87. The predicted molar refractivity (Wildman–Crippen MR) is 48.0 cm³/mol. The molecular formula is C9H14FN3. The van der Waals surface area contributed by atoms with E-state index < -0.39 is 0 Å². The Bertz CT molecular complexity index is 247. The molecule has 1 aliphatic rings. The van der Waals surface area contributed by atoms with Crippen molar-refractivity contribution in [1.29, 1.82) is 0 Å². The molecule has 2 rings (SSSR count). The zero-order valence-corrected chi connectivity index (χ0v) is 7.54. The van der Waals surface area contributed by atoms with Crippen LogP contribution in [0, 0.1) is 0 Å². The molecular weight excluding hydrogens is 169 g/mol.